The van der Waals surface area contributed by atoms with Crippen LogP contribution in [0.3, 0.4) is 0 Å². The van der Waals surface area contributed by atoms with Gasteiger partial charge in [-0.3, -0.25) is 0 Å². The van der Waals surface area contributed by atoms with Gasteiger partial charge >= 0.3 is 0 Å². The van der Waals surface area contributed by atoms with Crippen molar-refractivity contribution in [3.05, 3.63) is 0 Å². The number of nitrogens with one attached hydrogen (secondary N) is 1. The van der Waals surface area contributed by atoms with Crippen LogP contribution in [0.2, 0.25) is 0 Å². The fourth-order valence-corrected chi connectivity index (χ4v) is 2.87. The third-order valence-electron chi connectivity index (χ3n) is 4.20. The Balaban J connectivity index is 1.96. The lowest BCUT2D eigenvalue weighted by molar-refractivity contribution is 0.0337. The van der Waals surface area contributed by atoms with Crippen LogP contribution in [0, 0.1) is 0 Å². The molecular weight excluding hydrogens is 250 g/mol. The fraction of sp³-hybridized carbons (Fsp3) is 1.00. The summed E-state index contributed by atoms with van der Waals surface area (Å²) in [5.74, 6) is 0. The maximum atomic E-state index is 9.92. The quantitative estimate of drug-likeness (QED) is 0.602. The SMILES string of the molecule is CCCCCCOCC(O)CNC1CCCCCCC1. The van der Waals surface area contributed by atoms with Crippen LogP contribution in [0.1, 0.15) is 77.6 Å². The van der Waals surface area contributed by atoms with Gasteiger partial charge in [-0.15, -0.1) is 0 Å². The third kappa shape index (κ3) is 9.73. The molecule has 0 saturated heterocycles. The summed E-state index contributed by atoms with van der Waals surface area (Å²) in [4.78, 5) is 0. The maximum Gasteiger partial charge on any atom is 0.0897 e. The Hall–Kier alpha value is -0.120. The van der Waals surface area contributed by atoms with E-state index in [2.05, 4.69) is 12.2 Å². The van der Waals surface area contributed by atoms with Gasteiger partial charge in [-0.05, 0) is 19.3 Å². The molecule has 0 radical (unpaired) electrons. The number of rotatable bonds is 10. The van der Waals surface area contributed by atoms with Crippen LogP contribution in [0.15, 0.2) is 0 Å². The van der Waals surface area contributed by atoms with E-state index < -0.39 is 0 Å². The number of hydrogen-bond acceptors (Lipinski definition) is 3. The lowest BCUT2D eigenvalue weighted by Gasteiger charge is -2.22. The molecule has 1 unspecified atom stereocenters. The molecule has 120 valence electrons. The Morgan fingerprint density at radius 3 is 2.45 bits per heavy atom. The number of unbranched alkanes of at least 4 members (excludes halogenated alkanes) is 3. The van der Waals surface area contributed by atoms with E-state index >= 15 is 0 Å². The molecule has 0 aromatic carbocycles. The minimum absolute atomic E-state index is 0.355. The summed E-state index contributed by atoms with van der Waals surface area (Å²) in [7, 11) is 0. The van der Waals surface area contributed by atoms with E-state index in [0.29, 0.717) is 19.2 Å². The molecule has 1 aliphatic carbocycles. The highest BCUT2D eigenvalue weighted by molar-refractivity contribution is 4.71. The molecule has 0 amide bonds. The molecule has 20 heavy (non-hydrogen) atoms. The van der Waals surface area contributed by atoms with Gasteiger partial charge in [-0.1, -0.05) is 58.3 Å². The van der Waals surface area contributed by atoms with Crippen molar-refractivity contribution in [1.29, 1.82) is 0 Å². The van der Waals surface area contributed by atoms with Crippen LogP contribution < -0.4 is 5.32 Å². The van der Waals surface area contributed by atoms with Crippen LogP contribution in [0.4, 0.5) is 0 Å². The first-order valence-electron chi connectivity index (χ1n) is 8.82. The lowest BCUT2D eigenvalue weighted by Crippen LogP contribution is -2.37. The standard InChI is InChI=1S/C17H35NO2/c1-2-3-4-10-13-20-15-17(19)14-18-16-11-8-6-5-7-9-12-16/h16-19H,2-15H2,1H3. The number of hydrogen-bond donors (Lipinski definition) is 2. The van der Waals surface area contributed by atoms with Crippen LogP contribution >= 0.6 is 0 Å². The zero-order valence-corrected chi connectivity index (χ0v) is 13.4. The summed E-state index contributed by atoms with van der Waals surface area (Å²) in [5, 5.41) is 13.4. The Morgan fingerprint density at radius 2 is 1.75 bits per heavy atom. The molecule has 3 heteroatoms. The number of aliphatic hydroxyl groups excluding tert-OH is 1. The molecular formula is C17H35NO2. The largest absolute Gasteiger partial charge is 0.389 e. The molecule has 1 fully saturated rings. The Bertz CT molecular complexity index is 203. The minimum Gasteiger partial charge on any atom is -0.389 e. The summed E-state index contributed by atoms with van der Waals surface area (Å²) in [6, 6.07) is 0.606. The van der Waals surface area contributed by atoms with Crippen LogP contribution in [-0.2, 0) is 4.74 Å². The van der Waals surface area contributed by atoms with Gasteiger partial charge < -0.3 is 15.2 Å². The summed E-state index contributed by atoms with van der Waals surface area (Å²) in [6.45, 7) is 4.16. The van der Waals surface area contributed by atoms with Crippen molar-refractivity contribution >= 4 is 0 Å². The fourth-order valence-electron chi connectivity index (χ4n) is 2.87. The second-order valence-corrected chi connectivity index (χ2v) is 6.24. The predicted molar refractivity (Wildman–Crippen MR) is 85.1 cm³/mol. The minimum atomic E-state index is -0.355. The molecule has 0 aromatic rings. The Kier molecular flexibility index (Phi) is 11.3. The Morgan fingerprint density at radius 1 is 1.05 bits per heavy atom. The average molecular weight is 285 g/mol. The van der Waals surface area contributed by atoms with Crippen molar-refractivity contribution in [2.45, 2.75) is 89.7 Å². The van der Waals surface area contributed by atoms with E-state index in [4.69, 9.17) is 4.74 Å². The van der Waals surface area contributed by atoms with Crippen LogP contribution in [-0.4, -0.2) is 37.0 Å². The summed E-state index contributed by atoms with van der Waals surface area (Å²) >= 11 is 0. The summed E-state index contributed by atoms with van der Waals surface area (Å²) < 4.78 is 5.54. The molecule has 0 heterocycles. The second-order valence-electron chi connectivity index (χ2n) is 6.24. The smallest absolute Gasteiger partial charge is 0.0897 e. The van der Waals surface area contributed by atoms with Crippen molar-refractivity contribution in [1.82, 2.24) is 5.32 Å². The highest BCUT2D eigenvalue weighted by Crippen LogP contribution is 2.16. The number of aliphatic hydroxyl groups is 1. The molecule has 0 aliphatic heterocycles. The van der Waals surface area contributed by atoms with E-state index in [1.807, 2.05) is 0 Å². The highest BCUT2D eigenvalue weighted by Gasteiger charge is 2.12. The monoisotopic (exact) mass is 285 g/mol. The lowest BCUT2D eigenvalue weighted by atomic mass is 9.97. The van der Waals surface area contributed by atoms with Gasteiger partial charge in [0.05, 0.1) is 12.7 Å². The molecule has 1 rings (SSSR count). The van der Waals surface area contributed by atoms with Gasteiger partial charge in [-0.25, -0.2) is 0 Å². The van der Waals surface area contributed by atoms with Gasteiger partial charge in [0.15, 0.2) is 0 Å². The molecule has 2 N–H and O–H groups in total. The van der Waals surface area contributed by atoms with Crippen molar-refractivity contribution in [3.8, 4) is 0 Å². The Labute approximate surface area is 125 Å². The van der Waals surface area contributed by atoms with Crippen molar-refractivity contribution < 1.29 is 9.84 Å². The number of ether oxygens (including phenoxy) is 1. The summed E-state index contributed by atoms with van der Waals surface area (Å²) in [5.41, 5.74) is 0. The molecule has 1 aliphatic rings. The molecule has 0 aromatic heterocycles. The van der Waals surface area contributed by atoms with Crippen LogP contribution in [0.5, 0.6) is 0 Å². The highest BCUT2D eigenvalue weighted by atomic mass is 16.5. The normalized spacial score (nSPS) is 19.5. The van der Waals surface area contributed by atoms with E-state index in [-0.39, 0.29) is 6.10 Å². The molecule has 0 spiro atoms. The third-order valence-corrected chi connectivity index (χ3v) is 4.20. The van der Waals surface area contributed by atoms with Gasteiger partial charge in [0.2, 0.25) is 0 Å². The first-order valence-corrected chi connectivity index (χ1v) is 8.82. The molecule has 3 nitrogen and oxygen atoms in total. The van der Waals surface area contributed by atoms with Crippen molar-refractivity contribution in [2.24, 2.45) is 0 Å². The van der Waals surface area contributed by atoms with E-state index in [1.165, 1.54) is 64.2 Å². The molecule has 1 atom stereocenters. The zero-order chi connectivity index (χ0) is 14.5. The van der Waals surface area contributed by atoms with Gasteiger partial charge in [-0.2, -0.15) is 0 Å². The van der Waals surface area contributed by atoms with Gasteiger partial charge in [0, 0.05) is 19.2 Å². The molecule has 1 saturated carbocycles. The summed E-state index contributed by atoms with van der Waals surface area (Å²) in [6.07, 6.45) is 13.9. The van der Waals surface area contributed by atoms with E-state index in [0.717, 1.165) is 13.0 Å². The first kappa shape index (κ1) is 17.9. The topological polar surface area (TPSA) is 41.5 Å². The van der Waals surface area contributed by atoms with Crippen LogP contribution in [0.25, 0.3) is 0 Å². The average Bonchev–Trinajstić information content (AvgIpc) is 2.41. The van der Waals surface area contributed by atoms with Crippen molar-refractivity contribution in [3.63, 3.8) is 0 Å². The van der Waals surface area contributed by atoms with Gasteiger partial charge in [0.25, 0.3) is 0 Å². The predicted octanol–water partition coefficient (Wildman–Crippen LogP) is 3.65. The van der Waals surface area contributed by atoms with E-state index in [1.54, 1.807) is 0 Å². The van der Waals surface area contributed by atoms with Gasteiger partial charge in [0.1, 0.15) is 0 Å². The zero-order valence-electron chi connectivity index (χ0n) is 13.4. The first-order chi connectivity index (χ1) is 9.83. The second kappa shape index (κ2) is 12.6. The van der Waals surface area contributed by atoms with Crippen molar-refractivity contribution in [2.75, 3.05) is 19.8 Å². The molecule has 0 bridgehead atoms. The van der Waals surface area contributed by atoms with E-state index in [9.17, 15) is 5.11 Å². The maximum absolute atomic E-state index is 9.92.